The van der Waals surface area contributed by atoms with Gasteiger partial charge < -0.3 is 9.05 Å². The van der Waals surface area contributed by atoms with Crippen molar-refractivity contribution in [3.8, 4) is 0 Å². The van der Waals surface area contributed by atoms with Crippen LogP contribution in [0, 0.1) is 0 Å². The van der Waals surface area contributed by atoms with Crippen molar-refractivity contribution in [2.45, 2.75) is 71.9 Å². The SMILES string of the molecule is CCCCCOP(=O)(OCCCCC)C(C)C. The first kappa shape index (κ1) is 17.2. The molecule has 0 amide bonds. The third kappa shape index (κ3) is 7.96. The van der Waals surface area contributed by atoms with Crippen molar-refractivity contribution in [2.24, 2.45) is 0 Å². The maximum Gasteiger partial charge on any atom is 0.333 e. The molecule has 0 aromatic heterocycles. The van der Waals surface area contributed by atoms with E-state index < -0.39 is 7.60 Å². The molecule has 17 heavy (non-hydrogen) atoms. The Balaban J connectivity index is 3.95. The summed E-state index contributed by atoms with van der Waals surface area (Å²) in [5, 5.41) is 0. The van der Waals surface area contributed by atoms with Crippen molar-refractivity contribution in [2.75, 3.05) is 13.2 Å². The highest BCUT2D eigenvalue weighted by Crippen LogP contribution is 2.53. The van der Waals surface area contributed by atoms with Crippen LogP contribution in [0.5, 0.6) is 0 Å². The van der Waals surface area contributed by atoms with Crippen LogP contribution in [-0.2, 0) is 13.6 Å². The van der Waals surface area contributed by atoms with Gasteiger partial charge in [-0.05, 0) is 12.8 Å². The summed E-state index contributed by atoms with van der Waals surface area (Å²) in [5.74, 6) is 0. The summed E-state index contributed by atoms with van der Waals surface area (Å²) in [6, 6.07) is 0. The predicted molar refractivity (Wildman–Crippen MR) is 73.7 cm³/mol. The molecule has 4 heteroatoms. The summed E-state index contributed by atoms with van der Waals surface area (Å²) in [5.41, 5.74) is -0.0502. The topological polar surface area (TPSA) is 35.5 Å². The largest absolute Gasteiger partial charge is 0.333 e. The highest BCUT2D eigenvalue weighted by atomic mass is 31.2. The lowest BCUT2D eigenvalue weighted by molar-refractivity contribution is 0.193. The van der Waals surface area contributed by atoms with Crippen molar-refractivity contribution < 1.29 is 13.6 Å². The highest BCUT2D eigenvalue weighted by molar-refractivity contribution is 7.54. The lowest BCUT2D eigenvalue weighted by Gasteiger charge is -2.21. The van der Waals surface area contributed by atoms with E-state index in [9.17, 15) is 4.57 Å². The van der Waals surface area contributed by atoms with E-state index in [0.717, 1.165) is 38.5 Å². The van der Waals surface area contributed by atoms with Gasteiger partial charge in [-0.2, -0.15) is 0 Å². The van der Waals surface area contributed by atoms with Gasteiger partial charge in [-0.15, -0.1) is 0 Å². The number of hydrogen-bond acceptors (Lipinski definition) is 3. The van der Waals surface area contributed by atoms with E-state index in [2.05, 4.69) is 13.8 Å². The van der Waals surface area contributed by atoms with Crippen LogP contribution in [0.1, 0.15) is 66.2 Å². The molecule has 0 atom stereocenters. The van der Waals surface area contributed by atoms with Crippen LogP contribution in [0.15, 0.2) is 0 Å². The summed E-state index contributed by atoms with van der Waals surface area (Å²) in [7, 11) is -2.87. The quantitative estimate of drug-likeness (QED) is 0.389. The van der Waals surface area contributed by atoms with E-state index in [1.165, 1.54) is 0 Å². The van der Waals surface area contributed by atoms with Gasteiger partial charge in [-0.25, -0.2) is 0 Å². The van der Waals surface area contributed by atoms with Gasteiger partial charge in [-0.1, -0.05) is 53.4 Å². The van der Waals surface area contributed by atoms with Crippen molar-refractivity contribution in [1.82, 2.24) is 0 Å². The van der Waals surface area contributed by atoms with Gasteiger partial charge in [0.1, 0.15) is 0 Å². The summed E-state index contributed by atoms with van der Waals surface area (Å²) >= 11 is 0. The van der Waals surface area contributed by atoms with Gasteiger partial charge >= 0.3 is 7.60 Å². The van der Waals surface area contributed by atoms with E-state index >= 15 is 0 Å². The Morgan fingerprint density at radius 1 is 0.882 bits per heavy atom. The van der Waals surface area contributed by atoms with Crippen molar-refractivity contribution >= 4 is 7.60 Å². The Bertz CT molecular complexity index is 201. The molecule has 0 aliphatic carbocycles. The molecular weight excluding hydrogens is 235 g/mol. The van der Waals surface area contributed by atoms with Gasteiger partial charge in [0.05, 0.1) is 18.9 Å². The van der Waals surface area contributed by atoms with Gasteiger partial charge in [0.15, 0.2) is 0 Å². The zero-order valence-electron chi connectivity index (χ0n) is 11.9. The Morgan fingerprint density at radius 3 is 1.59 bits per heavy atom. The Hall–Kier alpha value is 0.150. The first-order valence-electron chi connectivity index (χ1n) is 6.95. The van der Waals surface area contributed by atoms with E-state index in [-0.39, 0.29) is 5.66 Å². The van der Waals surface area contributed by atoms with E-state index in [1.807, 2.05) is 13.8 Å². The van der Waals surface area contributed by atoms with E-state index in [4.69, 9.17) is 9.05 Å². The molecule has 104 valence electrons. The fourth-order valence-electron chi connectivity index (χ4n) is 1.42. The monoisotopic (exact) mass is 264 g/mol. The predicted octanol–water partition coefficient (Wildman–Crippen LogP) is 5.00. The van der Waals surface area contributed by atoms with Crippen LogP contribution in [0.4, 0.5) is 0 Å². The second kappa shape index (κ2) is 10.1. The minimum Gasteiger partial charge on any atom is -0.308 e. The van der Waals surface area contributed by atoms with Crippen LogP contribution in [0.3, 0.4) is 0 Å². The fourth-order valence-corrected chi connectivity index (χ4v) is 2.86. The molecule has 3 nitrogen and oxygen atoms in total. The minimum absolute atomic E-state index is 0.0502. The first-order valence-corrected chi connectivity index (χ1v) is 8.56. The van der Waals surface area contributed by atoms with Crippen molar-refractivity contribution in [3.63, 3.8) is 0 Å². The molecule has 0 aromatic rings. The standard InChI is InChI=1S/C13H29O3P/c1-5-7-9-11-15-17(14,13(3)4)16-12-10-8-6-2/h13H,5-12H2,1-4H3. The summed E-state index contributed by atoms with van der Waals surface area (Å²) in [6.07, 6.45) is 6.46. The third-order valence-electron chi connectivity index (χ3n) is 2.67. The van der Waals surface area contributed by atoms with Crippen LogP contribution in [0.25, 0.3) is 0 Å². The average Bonchev–Trinajstić information content (AvgIpc) is 2.30. The molecule has 0 N–H and O–H groups in total. The summed E-state index contributed by atoms with van der Waals surface area (Å²) < 4.78 is 23.4. The maximum atomic E-state index is 12.4. The smallest absolute Gasteiger partial charge is 0.308 e. The second-order valence-corrected chi connectivity index (χ2v) is 7.34. The summed E-state index contributed by atoms with van der Waals surface area (Å²) in [6.45, 7) is 9.20. The zero-order chi connectivity index (χ0) is 13.1. The molecule has 0 rings (SSSR count). The van der Waals surface area contributed by atoms with Crippen LogP contribution >= 0.6 is 7.60 Å². The first-order chi connectivity index (χ1) is 8.06. The molecule has 0 saturated heterocycles. The molecule has 0 heterocycles. The van der Waals surface area contributed by atoms with Gasteiger partial charge in [0.25, 0.3) is 0 Å². The lowest BCUT2D eigenvalue weighted by Crippen LogP contribution is -2.08. The molecule has 0 saturated carbocycles. The van der Waals surface area contributed by atoms with Crippen molar-refractivity contribution in [3.05, 3.63) is 0 Å². The van der Waals surface area contributed by atoms with Crippen LogP contribution in [-0.4, -0.2) is 18.9 Å². The van der Waals surface area contributed by atoms with E-state index in [0.29, 0.717) is 13.2 Å². The number of rotatable bonds is 11. The fraction of sp³-hybridized carbons (Fsp3) is 1.00. The maximum absolute atomic E-state index is 12.4. The zero-order valence-corrected chi connectivity index (χ0v) is 12.8. The molecular formula is C13H29O3P. The minimum atomic E-state index is -2.87. The Morgan fingerprint density at radius 2 is 1.29 bits per heavy atom. The molecule has 0 bridgehead atoms. The second-order valence-electron chi connectivity index (χ2n) is 4.71. The molecule has 0 aliphatic rings. The lowest BCUT2D eigenvalue weighted by atomic mass is 10.3. The molecule has 0 unspecified atom stereocenters. The van der Waals surface area contributed by atoms with Crippen molar-refractivity contribution in [1.29, 1.82) is 0 Å². The molecule has 0 aliphatic heterocycles. The normalized spacial score (nSPS) is 12.3. The number of hydrogen-bond donors (Lipinski definition) is 0. The number of unbranched alkanes of at least 4 members (excludes halogenated alkanes) is 4. The molecule has 0 fully saturated rings. The molecule has 0 aromatic carbocycles. The van der Waals surface area contributed by atoms with Crippen LogP contribution in [0.2, 0.25) is 0 Å². The summed E-state index contributed by atoms with van der Waals surface area (Å²) in [4.78, 5) is 0. The van der Waals surface area contributed by atoms with E-state index in [1.54, 1.807) is 0 Å². The Labute approximate surface area is 107 Å². The Kier molecular flexibility index (Phi) is 10.2. The average molecular weight is 264 g/mol. The molecule has 0 radical (unpaired) electrons. The van der Waals surface area contributed by atoms with Gasteiger partial charge in [-0.3, -0.25) is 4.57 Å². The van der Waals surface area contributed by atoms with Gasteiger partial charge in [0, 0.05) is 0 Å². The highest BCUT2D eigenvalue weighted by Gasteiger charge is 2.28. The third-order valence-corrected chi connectivity index (χ3v) is 5.02. The molecule has 0 spiro atoms. The van der Waals surface area contributed by atoms with Gasteiger partial charge in [0.2, 0.25) is 0 Å². The van der Waals surface area contributed by atoms with Crippen LogP contribution < -0.4 is 0 Å².